The molecule has 3 N–H and O–H groups in total. The molecule has 1 aromatic heterocycles. The van der Waals surface area contributed by atoms with Gasteiger partial charge in [-0.3, -0.25) is 5.10 Å². The third-order valence-corrected chi connectivity index (χ3v) is 4.16. The van der Waals surface area contributed by atoms with E-state index in [1.54, 1.807) is 0 Å². The standard InChI is InChI=1S/C16H22N4/c1-11-3-5-13(6-4-11)15-12(2)16(19-18-15)20-9-7-14(17)8-10-20/h3-6,14H,7-10,17H2,1-2H3,(H,18,19). The second-order valence-corrected chi connectivity index (χ2v) is 5.74. The summed E-state index contributed by atoms with van der Waals surface area (Å²) >= 11 is 0. The summed E-state index contributed by atoms with van der Waals surface area (Å²) in [6.07, 6.45) is 2.10. The van der Waals surface area contributed by atoms with Crippen molar-refractivity contribution in [1.29, 1.82) is 0 Å². The molecule has 1 aliphatic rings. The Morgan fingerprint density at radius 2 is 1.80 bits per heavy atom. The highest BCUT2D eigenvalue weighted by Gasteiger charge is 2.21. The maximum absolute atomic E-state index is 5.97. The first-order chi connectivity index (χ1) is 9.65. The molecule has 1 fully saturated rings. The highest BCUT2D eigenvalue weighted by atomic mass is 15.3. The second kappa shape index (κ2) is 5.29. The van der Waals surface area contributed by atoms with Crippen molar-refractivity contribution in [1.82, 2.24) is 10.2 Å². The summed E-state index contributed by atoms with van der Waals surface area (Å²) in [5.41, 5.74) is 10.8. The predicted molar refractivity (Wildman–Crippen MR) is 82.9 cm³/mol. The van der Waals surface area contributed by atoms with Gasteiger partial charge in [0.15, 0.2) is 5.82 Å². The van der Waals surface area contributed by atoms with Crippen molar-refractivity contribution in [3.05, 3.63) is 35.4 Å². The molecule has 0 saturated carbocycles. The van der Waals surface area contributed by atoms with Crippen LogP contribution >= 0.6 is 0 Å². The largest absolute Gasteiger partial charge is 0.355 e. The van der Waals surface area contributed by atoms with Crippen LogP contribution in [-0.4, -0.2) is 29.3 Å². The first kappa shape index (κ1) is 13.2. The van der Waals surface area contributed by atoms with Gasteiger partial charge in [-0.2, -0.15) is 5.10 Å². The Morgan fingerprint density at radius 3 is 2.45 bits per heavy atom. The number of H-pyrrole nitrogens is 1. The Morgan fingerprint density at radius 1 is 1.15 bits per heavy atom. The number of aromatic nitrogens is 2. The average Bonchev–Trinajstić information content (AvgIpc) is 2.83. The number of hydrogen-bond acceptors (Lipinski definition) is 3. The highest BCUT2D eigenvalue weighted by molar-refractivity contribution is 5.69. The summed E-state index contributed by atoms with van der Waals surface area (Å²) in [7, 11) is 0. The molecule has 4 nitrogen and oxygen atoms in total. The van der Waals surface area contributed by atoms with Crippen molar-refractivity contribution in [3.63, 3.8) is 0 Å². The molecule has 0 atom stereocenters. The van der Waals surface area contributed by atoms with E-state index in [-0.39, 0.29) is 0 Å². The van der Waals surface area contributed by atoms with Gasteiger partial charge < -0.3 is 10.6 Å². The molecule has 0 amide bonds. The van der Waals surface area contributed by atoms with Crippen molar-refractivity contribution < 1.29 is 0 Å². The Labute approximate surface area is 120 Å². The number of nitrogens with two attached hydrogens (primary N) is 1. The normalized spacial score (nSPS) is 16.6. The second-order valence-electron chi connectivity index (χ2n) is 5.74. The van der Waals surface area contributed by atoms with Crippen molar-refractivity contribution in [3.8, 4) is 11.3 Å². The lowest BCUT2D eigenvalue weighted by Crippen LogP contribution is -2.40. The Hall–Kier alpha value is -1.81. The van der Waals surface area contributed by atoms with Gasteiger partial charge >= 0.3 is 0 Å². The predicted octanol–water partition coefficient (Wildman–Crippen LogP) is 2.62. The monoisotopic (exact) mass is 270 g/mol. The van der Waals surface area contributed by atoms with E-state index in [4.69, 9.17) is 5.73 Å². The molecule has 20 heavy (non-hydrogen) atoms. The number of nitrogens with one attached hydrogen (secondary N) is 1. The van der Waals surface area contributed by atoms with Gasteiger partial charge in [-0.05, 0) is 32.3 Å². The molecule has 0 bridgehead atoms. The number of anilines is 1. The highest BCUT2D eigenvalue weighted by Crippen LogP contribution is 2.29. The summed E-state index contributed by atoms with van der Waals surface area (Å²) < 4.78 is 0. The smallest absolute Gasteiger partial charge is 0.153 e. The summed E-state index contributed by atoms with van der Waals surface area (Å²) in [6.45, 7) is 6.24. The minimum absolute atomic E-state index is 0.349. The molecule has 2 aromatic rings. The Kier molecular flexibility index (Phi) is 3.49. The van der Waals surface area contributed by atoms with Gasteiger partial charge in [0.2, 0.25) is 0 Å². The number of rotatable bonds is 2. The fourth-order valence-electron chi connectivity index (χ4n) is 2.81. The van der Waals surface area contributed by atoms with E-state index in [9.17, 15) is 0 Å². The summed E-state index contributed by atoms with van der Waals surface area (Å²) in [5, 5.41) is 7.72. The van der Waals surface area contributed by atoms with Gasteiger partial charge in [-0.25, -0.2) is 0 Å². The number of aryl methyl sites for hydroxylation is 1. The molecule has 3 rings (SSSR count). The molecule has 1 aliphatic heterocycles. The molecule has 1 saturated heterocycles. The maximum Gasteiger partial charge on any atom is 0.153 e. The number of hydrogen-bond donors (Lipinski definition) is 2. The average molecular weight is 270 g/mol. The third-order valence-electron chi connectivity index (χ3n) is 4.16. The molecule has 0 spiro atoms. The van der Waals surface area contributed by atoms with E-state index >= 15 is 0 Å². The van der Waals surface area contributed by atoms with Crippen LogP contribution in [0, 0.1) is 13.8 Å². The fourth-order valence-corrected chi connectivity index (χ4v) is 2.81. The van der Waals surface area contributed by atoms with Crippen LogP contribution < -0.4 is 10.6 Å². The first-order valence-corrected chi connectivity index (χ1v) is 7.27. The molecule has 106 valence electrons. The van der Waals surface area contributed by atoms with Crippen LogP contribution in [0.3, 0.4) is 0 Å². The Bertz CT molecular complexity index is 577. The van der Waals surface area contributed by atoms with Gasteiger partial charge in [-0.15, -0.1) is 0 Å². The van der Waals surface area contributed by atoms with E-state index in [0.29, 0.717) is 6.04 Å². The van der Waals surface area contributed by atoms with Crippen LogP contribution in [0.15, 0.2) is 24.3 Å². The number of nitrogens with zero attached hydrogens (tertiary/aromatic N) is 2. The van der Waals surface area contributed by atoms with Crippen molar-refractivity contribution >= 4 is 5.82 Å². The quantitative estimate of drug-likeness (QED) is 0.882. The lowest BCUT2D eigenvalue weighted by atomic mass is 10.0. The zero-order chi connectivity index (χ0) is 14.1. The van der Waals surface area contributed by atoms with Crippen LogP contribution in [0.4, 0.5) is 5.82 Å². The topological polar surface area (TPSA) is 57.9 Å². The minimum atomic E-state index is 0.349. The lowest BCUT2D eigenvalue weighted by Gasteiger charge is -2.30. The lowest BCUT2D eigenvalue weighted by molar-refractivity contribution is 0.498. The minimum Gasteiger partial charge on any atom is -0.355 e. The molecule has 0 unspecified atom stereocenters. The van der Waals surface area contributed by atoms with E-state index in [1.807, 2.05) is 0 Å². The molecular formula is C16H22N4. The molecule has 0 aliphatic carbocycles. The molecular weight excluding hydrogens is 248 g/mol. The van der Waals surface area contributed by atoms with Crippen LogP contribution in [0.5, 0.6) is 0 Å². The Balaban J connectivity index is 1.87. The fraction of sp³-hybridized carbons (Fsp3) is 0.438. The van der Waals surface area contributed by atoms with Gasteiger partial charge in [-0.1, -0.05) is 29.8 Å². The third kappa shape index (κ3) is 2.43. The van der Waals surface area contributed by atoms with E-state index in [2.05, 4.69) is 53.2 Å². The van der Waals surface area contributed by atoms with Gasteiger partial charge in [0.1, 0.15) is 0 Å². The zero-order valence-electron chi connectivity index (χ0n) is 12.2. The van der Waals surface area contributed by atoms with E-state index in [1.165, 1.54) is 16.7 Å². The molecule has 1 aromatic carbocycles. The number of aromatic amines is 1. The number of piperidine rings is 1. The van der Waals surface area contributed by atoms with E-state index in [0.717, 1.165) is 37.4 Å². The van der Waals surface area contributed by atoms with Crippen LogP contribution in [0.1, 0.15) is 24.0 Å². The van der Waals surface area contributed by atoms with E-state index < -0.39 is 0 Å². The molecule has 4 heteroatoms. The van der Waals surface area contributed by atoms with Crippen LogP contribution in [-0.2, 0) is 0 Å². The SMILES string of the molecule is Cc1ccc(-c2[nH]nc(N3CCC(N)CC3)c2C)cc1. The van der Waals surface area contributed by atoms with Crippen molar-refractivity contribution in [2.75, 3.05) is 18.0 Å². The van der Waals surface area contributed by atoms with Gasteiger partial charge in [0.25, 0.3) is 0 Å². The molecule has 0 radical (unpaired) electrons. The summed E-state index contributed by atoms with van der Waals surface area (Å²) in [5.74, 6) is 1.08. The van der Waals surface area contributed by atoms with Crippen LogP contribution in [0.25, 0.3) is 11.3 Å². The zero-order valence-corrected chi connectivity index (χ0v) is 12.2. The maximum atomic E-state index is 5.97. The van der Waals surface area contributed by atoms with Crippen molar-refractivity contribution in [2.45, 2.75) is 32.7 Å². The van der Waals surface area contributed by atoms with Crippen molar-refractivity contribution in [2.24, 2.45) is 5.73 Å². The molecule has 2 heterocycles. The summed E-state index contributed by atoms with van der Waals surface area (Å²) in [6, 6.07) is 8.91. The van der Waals surface area contributed by atoms with Gasteiger partial charge in [0, 0.05) is 24.7 Å². The van der Waals surface area contributed by atoms with Gasteiger partial charge in [0.05, 0.1) is 5.69 Å². The number of benzene rings is 1. The first-order valence-electron chi connectivity index (χ1n) is 7.27. The van der Waals surface area contributed by atoms with Crippen LogP contribution in [0.2, 0.25) is 0 Å². The summed E-state index contributed by atoms with van der Waals surface area (Å²) in [4.78, 5) is 2.34.